The molecule has 3 heterocycles. The first-order chi connectivity index (χ1) is 12.9. The number of nitrogens with zero attached hydrogens (tertiary/aromatic N) is 4. The van der Waals surface area contributed by atoms with E-state index in [4.69, 9.17) is 33.9 Å². The Morgan fingerprint density at radius 3 is 2.64 bits per heavy atom. The van der Waals surface area contributed by atoms with Crippen LogP contribution in [0.25, 0.3) is 11.0 Å². The number of alkyl halides is 1. The van der Waals surface area contributed by atoms with Gasteiger partial charge >= 0.3 is 0 Å². The van der Waals surface area contributed by atoms with E-state index >= 15 is 0 Å². The van der Waals surface area contributed by atoms with E-state index in [0.29, 0.717) is 29.6 Å². The second-order valence-corrected chi connectivity index (χ2v) is 7.78. The molecule has 0 saturated carbocycles. The lowest BCUT2D eigenvalue weighted by atomic mass is 10.1. The third kappa shape index (κ3) is 3.92. The number of rotatable bonds is 3. The number of halogens is 4. The summed E-state index contributed by atoms with van der Waals surface area (Å²) in [6.07, 6.45) is 1.03. The third-order valence-corrected chi connectivity index (χ3v) is 5.51. The van der Waals surface area contributed by atoms with Crippen molar-refractivity contribution in [2.45, 2.75) is 31.6 Å². The summed E-state index contributed by atoms with van der Waals surface area (Å²) in [6, 6.07) is 8.67. The Morgan fingerprint density at radius 1 is 1.21 bits per heavy atom. The molecule has 0 bridgehead atoms. The fourth-order valence-electron chi connectivity index (χ4n) is 3.56. The molecule has 5 nitrogen and oxygen atoms in total. The summed E-state index contributed by atoms with van der Waals surface area (Å²) in [5.41, 5.74) is 8.55. The Hall–Kier alpha value is -1.60. The summed E-state index contributed by atoms with van der Waals surface area (Å²) in [5.74, 6) is 0.749. The maximum atomic E-state index is 13.9. The first kappa shape index (κ1) is 21.1. The highest BCUT2D eigenvalue weighted by Gasteiger charge is 2.30. The van der Waals surface area contributed by atoms with Crippen molar-refractivity contribution in [3.05, 3.63) is 52.3 Å². The molecule has 9 heteroatoms. The summed E-state index contributed by atoms with van der Waals surface area (Å²) in [4.78, 5) is 11.3. The SMILES string of the molecule is C[C@@H](c1ccc(Cl)cn1)n1c(N2CCC(F)C(N)C2)nc2ccc(Cl)cc21.Cl. The Bertz CT molecular complexity index is 962. The zero-order chi connectivity index (χ0) is 19.1. The number of fused-ring (bicyclic) bond motifs is 1. The molecule has 1 saturated heterocycles. The van der Waals surface area contributed by atoms with Gasteiger partial charge in [0.15, 0.2) is 0 Å². The second-order valence-electron chi connectivity index (χ2n) is 6.91. The van der Waals surface area contributed by atoms with Crippen LogP contribution in [0.3, 0.4) is 0 Å². The number of aromatic nitrogens is 3. The van der Waals surface area contributed by atoms with Crippen molar-refractivity contribution >= 4 is 52.6 Å². The third-order valence-electron chi connectivity index (χ3n) is 5.05. The van der Waals surface area contributed by atoms with Crippen LogP contribution < -0.4 is 10.6 Å². The van der Waals surface area contributed by atoms with E-state index in [0.717, 1.165) is 22.7 Å². The number of imidazole rings is 1. The van der Waals surface area contributed by atoms with E-state index in [1.807, 2.05) is 42.2 Å². The predicted octanol–water partition coefficient (Wildman–Crippen LogP) is 4.64. The lowest BCUT2D eigenvalue weighted by Gasteiger charge is -2.34. The number of hydrogen-bond acceptors (Lipinski definition) is 4. The lowest BCUT2D eigenvalue weighted by molar-refractivity contribution is 0.243. The summed E-state index contributed by atoms with van der Waals surface area (Å²) in [6.45, 7) is 3.02. The molecule has 2 aromatic heterocycles. The standard InChI is InChI=1S/C19H20Cl2FN5.ClH/c1-11(16-4-3-13(21)9-24-16)27-18-8-12(20)2-5-17(18)25-19(27)26-7-6-14(22)15(23)10-26;/h2-5,8-9,11,14-15H,6-7,10,23H2,1H3;1H/t11-,14?,15?;/m0./s1. The minimum absolute atomic E-state index is 0. The van der Waals surface area contributed by atoms with E-state index in [-0.39, 0.29) is 18.4 Å². The number of anilines is 1. The highest BCUT2D eigenvalue weighted by Crippen LogP contribution is 2.33. The van der Waals surface area contributed by atoms with Crippen LogP contribution >= 0.6 is 35.6 Å². The maximum absolute atomic E-state index is 13.9. The molecular weight excluding hydrogens is 424 g/mol. The van der Waals surface area contributed by atoms with Gasteiger partial charge < -0.3 is 15.2 Å². The molecule has 2 unspecified atom stereocenters. The monoisotopic (exact) mass is 443 g/mol. The Labute approximate surface area is 179 Å². The fourth-order valence-corrected chi connectivity index (χ4v) is 3.84. The Balaban J connectivity index is 0.00000225. The molecule has 0 radical (unpaired) electrons. The molecule has 0 amide bonds. The number of benzene rings is 1. The molecular formula is C19H21Cl3FN5. The second kappa shape index (κ2) is 8.41. The van der Waals surface area contributed by atoms with Gasteiger partial charge in [-0.3, -0.25) is 4.98 Å². The van der Waals surface area contributed by atoms with E-state index in [1.54, 1.807) is 6.20 Å². The predicted molar refractivity (Wildman–Crippen MR) is 115 cm³/mol. The van der Waals surface area contributed by atoms with Crippen molar-refractivity contribution in [2.75, 3.05) is 18.0 Å². The van der Waals surface area contributed by atoms with Gasteiger partial charge in [-0.05, 0) is 43.7 Å². The molecule has 1 aromatic carbocycles. The number of piperidine rings is 1. The molecule has 4 rings (SSSR count). The van der Waals surface area contributed by atoms with Crippen molar-refractivity contribution in [1.82, 2.24) is 14.5 Å². The molecule has 28 heavy (non-hydrogen) atoms. The molecule has 0 aliphatic carbocycles. The van der Waals surface area contributed by atoms with Gasteiger partial charge in [0, 0.05) is 24.3 Å². The first-order valence-corrected chi connectivity index (χ1v) is 9.63. The van der Waals surface area contributed by atoms with Crippen LogP contribution in [0.4, 0.5) is 10.3 Å². The summed E-state index contributed by atoms with van der Waals surface area (Å²) >= 11 is 12.2. The quantitative estimate of drug-likeness (QED) is 0.639. The van der Waals surface area contributed by atoms with Crippen LogP contribution in [0, 0.1) is 0 Å². The maximum Gasteiger partial charge on any atom is 0.207 e. The van der Waals surface area contributed by atoms with Gasteiger partial charge in [0.25, 0.3) is 0 Å². The molecule has 1 aliphatic heterocycles. The van der Waals surface area contributed by atoms with E-state index in [9.17, 15) is 4.39 Å². The van der Waals surface area contributed by atoms with Crippen LogP contribution in [-0.2, 0) is 0 Å². The minimum Gasteiger partial charge on any atom is -0.340 e. The van der Waals surface area contributed by atoms with Crippen molar-refractivity contribution in [1.29, 1.82) is 0 Å². The van der Waals surface area contributed by atoms with Crippen LogP contribution in [0.5, 0.6) is 0 Å². The van der Waals surface area contributed by atoms with Gasteiger partial charge in [-0.2, -0.15) is 0 Å². The van der Waals surface area contributed by atoms with Crippen LogP contribution in [-0.4, -0.2) is 39.8 Å². The van der Waals surface area contributed by atoms with E-state index in [1.165, 1.54) is 0 Å². The summed E-state index contributed by atoms with van der Waals surface area (Å²) < 4.78 is 16.0. The van der Waals surface area contributed by atoms with E-state index in [2.05, 4.69) is 9.55 Å². The van der Waals surface area contributed by atoms with Crippen LogP contribution in [0.15, 0.2) is 36.5 Å². The Kier molecular flexibility index (Phi) is 6.34. The normalized spacial score (nSPS) is 20.8. The van der Waals surface area contributed by atoms with Gasteiger partial charge in [0.2, 0.25) is 5.95 Å². The highest BCUT2D eigenvalue weighted by molar-refractivity contribution is 6.31. The van der Waals surface area contributed by atoms with Crippen molar-refractivity contribution in [2.24, 2.45) is 5.73 Å². The van der Waals surface area contributed by atoms with Crippen LogP contribution in [0.1, 0.15) is 25.1 Å². The molecule has 2 N–H and O–H groups in total. The average molecular weight is 445 g/mol. The average Bonchev–Trinajstić information content (AvgIpc) is 3.02. The lowest BCUT2D eigenvalue weighted by Crippen LogP contribution is -2.50. The zero-order valence-electron chi connectivity index (χ0n) is 15.2. The van der Waals surface area contributed by atoms with Gasteiger partial charge in [-0.15, -0.1) is 12.4 Å². The van der Waals surface area contributed by atoms with Crippen molar-refractivity contribution in [3.63, 3.8) is 0 Å². The molecule has 1 aliphatic rings. The zero-order valence-corrected chi connectivity index (χ0v) is 17.6. The molecule has 150 valence electrons. The minimum atomic E-state index is -0.983. The summed E-state index contributed by atoms with van der Waals surface area (Å²) in [5, 5.41) is 1.21. The molecule has 1 fully saturated rings. The van der Waals surface area contributed by atoms with Crippen LogP contribution in [0.2, 0.25) is 10.0 Å². The van der Waals surface area contributed by atoms with E-state index < -0.39 is 12.2 Å². The number of nitrogens with two attached hydrogens (primary N) is 1. The van der Waals surface area contributed by atoms with Gasteiger partial charge in [0.05, 0.1) is 33.8 Å². The largest absolute Gasteiger partial charge is 0.340 e. The first-order valence-electron chi connectivity index (χ1n) is 8.87. The summed E-state index contributed by atoms with van der Waals surface area (Å²) in [7, 11) is 0. The topological polar surface area (TPSA) is 60.0 Å². The fraction of sp³-hybridized carbons (Fsp3) is 0.368. The number of pyridine rings is 1. The molecule has 3 aromatic rings. The molecule has 3 atom stereocenters. The van der Waals surface area contributed by atoms with Gasteiger partial charge in [-0.1, -0.05) is 23.2 Å². The smallest absolute Gasteiger partial charge is 0.207 e. The Morgan fingerprint density at radius 2 is 1.96 bits per heavy atom. The molecule has 0 spiro atoms. The van der Waals surface area contributed by atoms with Crippen molar-refractivity contribution in [3.8, 4) is 0 Å². The number of hydrogen-bond donors (Lipinski definition) is 1. The van der Waals surface area contributed by atoms with Gasteiger partial charge in [-0.25, -0.2) is 9.37 Å². The van der Waals surface area contributed by atoms with Gasteiger partial charge in [0.1, 0.15) is 6.17 Å². The van der Waals surface area contributed by atoms with Crippen molar-refractivity contribution < 1.29 is 4.39 Å². The highest BCUT2D eigenvalue weighted by atomic mass is 35.5.